The molecule has 0 radical (unpaired) electrons. The molecule has 1 rings (SSSR count). The Kier molecular flexibility index (Phi) is 4.56. The first-order valence-electron chi connectivity index (χ1n) is 6.09. The van der Waals surface area contributed by atoms with Crippen molar-refractivity contribution in [2.45, 2.75) is 51.7 Å². The first-order chi connectivity index (χ1) is 6.88. The van der Waals surface area contributed by atoms with E-state index < -0.39 is 5.60 Å². The molecule has 0 bridgehead atoms. The van der Waals surface area contributed by atoms with Gasteiger partial charge in [0.05, 0.1) is 5.60 Å². The molecule has 1 aliphatic rings. The standard InChI is InChI=1S/C12H26N2O/c1-10(13)11-5-4-7-14(9-11)8-6-12(2,3)15/h10-11,15H,4-9,13H2,1-3H3. The minimum Gasteiger partial charge on any atom is -0.390 e. The molecule has 15 heavy (non-hydrogen) atoms. The molecular formula is C12H26N2O. The van der Waals surface area contributed by atoms with Gasteiger partial charge in [-0.3, -0.25) is 0 Å². The van der Waals surface area contributed by atoms with Crippen molar-refractivity contribution in [2.24, 2.45) is 11.7 Å². The van der Waals surface area contributed by atoms with E-state index in [1.807, 2.05) is 13.8 Å². The van der Waals surface area contributed by atoms with Crippen LogP contribution in [0.25, 0.3) is 0 Å². The SMILES string of the molecule is CC(N)C1CCCN(CCC(C)(C)O)C1. The molecule has 3 heteroatoms. The number of hydrogen-bond donors (Lipinski definition) is 2. The van der Waals surface area contributed by atoms with E-state index >= 15 is 0 Å². The lowest BCUT2D eigenvalue weighted by Crippen LogP contribution is -2.43. The van der Waals surface area contributed by atoms with E-state index in [-0.39, 0.29) is 0 Å². The van der Waals surface area contributed by atoms with Gasteiger partial charge in [-0.25, -0.2) is 0 Å². The fourth-order valence-electron chi connectivity index (χ4n) is 2.16. The third-order valence-corrected chi connectivity index (χ3v) is 3.33. The first-order valence-corrected chi connectivity index (χ1v) is 6.09. The van der Waals surface area contributed by atoms with Gasteiger partial charge in [-0.1, -0.05) is 0 Å². The summed E-state index contributed by atoms with van der Waals surface area (Å²) in [6.07, 6.45) is 3.35. The summed E-state index contributed by atoms with van der Waals surface area (Å²) in [5.74, 6) is 0.639. The fourth-order valence-corrected chi connectivity index (χ4v) is 2.16. The van der Waals surface area contributed by atoms with E-state index in [0.717, 1.165) is 19.5 Å². The maximum absolute atomic E-state index is 9.67. The van der Waals surface area contributed by atoms with E-state index in [0.29, 0.717) is 12.0 Å². The van der Waals surface area contributed by atoms with Crippen LogP contribution in [0.2, 0.25) is 0 Å². The third kappa shape index (κ3) is 4.96. The summed E-state index contributed by atoms with van der Waals surface area (Å²) >= 11 is 0. The maximum Gasteiger partial charge on any atom is 0.0603 e. The predicted molar refractivity (Wildman–Crippen MR) is 63.7 cm³/mol. The molecule has 1 heterocycles. The Morgan fingerprint density at radius 1 is 1.53 bits per heavy atom. The number of rotatable bonds is 4. The number of hydrogen-bond acceptors (Lipinski definition) is 3. The van der Waals surface area contributed by atoms with Gasteiger partial charge in [0.2, 0.25) is 0 Å². The van der Waals surface area contributed by atoms with Gasteiger partial charge >= 0.3 is 0 Å². The molecule has 0 aliphatic carbocycles. The molecule has 3 N–H and O–H groups in total. The average Bonchev–Trinajstić information content (AvgIpc) is 2.14. The summed E-state index contributed by atoms with van der Waals surface area (Å²) in [6, 6.07) is 0.301. The van der Waals surface area contributed by atoms with Crippen LogP contribution in [0.15, 0.2) is 0 Å². The highest BCUT2D eigenvalue weighted by Crippen LogP contribution is 2.20. The summed E-state index contributed by atoms with van der Waals surface area (Å²) < 4.78 is 0. The van der Waals surface area contributed by atoms with Crippen molar-refractivity contribution < 1.29 is 5.11 Å². The van der Waals surface area contributed by atoms with Gasteiger partial charge in [-0.05, 0) is 52.5 Å². The lowest BCUT2D eigenvalue weighted by atomic mass is 9.91. The van der Waals surface area contributed by atoms with Crippen LogP contribution in [0.1, 0.15) is 40.0 Å². The van der Waals surface area contributed by atoms with Gasteiger partial charge in [0, 0.05) is 19.1 Å². The van der Waals surface area contributed by atoms with Crippen LogP contribution in [-0.2, 0) is 0 Å². The van der Waals surface area contributed by atoms with Crippen LogP contribution in [0.3, 0.4) is 0 Å². The molecule has 3 nitrogen and oxygen atoms in total. The Hall–Kier alpha value is -0.120. The van der Waals surface area contributed by atoms with Crippen molar-refractivity contribution >= 4 is 0 Å². The molecule has 0 spiro atoms. The predicted octanol–water partition coefficient (Wildman–Crippen LogP) is 1.21. The van der Waals surface area contributed by atoms with E-state index in [1.165, 1.54) is 19.4 Å². The molecule has 90 valence electrons. The van der Waals surface area contributed by atoms with E-state index in [9.17, 15) is 5.11 Å². The molecular weight excluding hydrogens is 188 g/mol. The minimum atomic E-state index is -0.540. The van der Waals surface area contributed by atoms with E-state index in [1.54, 1.807) is 0 Å². The largest absolute Gasteiger partial charge is 0.390 e. The Bertz CT molecular complexity index is 187. The van der Waals surface area contributed by atoms with Gasteiger partial charge in [-0.15, -0.1) is 0 Å². The molecule has 0 saturated carbocycles. The quantitative estimate of drug-likeness (QED) is 0.739. The Morgan fingerprint density at radius 2 is 2.20 bits per heavy atom. The van der Waals surface area contributed by atoms with Crippen LogP contribution in [0.4, 0.5) is 0 Å². The Balaban J connectivity index is 2.30. The van der Waals surface area contributed by atoms with Gasteiger partial charge in [0.15, 0.2) is 0 Å². The Morgan fingerprint density at radius 3 is 2.73 bits per heavy atom. The van der Waals surface area contributed by atoms with E-state index in [4.69, 9.17) is 5.73 Å². The second-order valence-corrected chi connectivity index (χ2v) is 5.62. The van der Waals surface area contributed by atoms with E-state index in [2.05, 4.69) is 11.8 Å². The molecule has 0 aromatic carbocycles. The molecule has 0 aromatic rings. The topological polar surface area (TPSA) is 49.5 Å². The Labute approximate surface area is 93.6 Å². The zero-order chi connectivity index (χ0) is 11.5. The molecule has 1 aliphatic heterocycles. The highest BCUT2D eigenvalue weighted by Gasteiger charge is 2.23. The van der Waals surface area contributed by atoms with Crippen molar-refractivity contribution in [2.75, 3.05) is 19.6 Å². The zero-order valence-electron chi connectivity index (χ0n) is 10.4. The number of piperidine rings is 1. The second kappa shape index (κ2) is 5.28. The first kappa shape index (κ1) is 12.9. The van der Waals surface area contributed by atoms with Crippen LogP contribution in [0, 0.1) is 5.92 Å². The molecule has 2 unspecified atom stereocenters. The van der Waals surface area contributed by atoms with Crippen molar-refractivity contribution in [1.82, 2.24) is 4.90 Å². The zero-order valence-corrected chi connectivity index (χ0v) is 10.4. The van der Waals surface area contributed by atoms with Crippen LogP contribution in [-0.4, -0.2) is 41.3 Å². The second-order valence-electron chi connectivity index (χ2n) is 5.62. The van der Waals surface area contributed by atoms with Crippen molar-refractivity contribution in [3.63, 3.8) is 0 Å². The lowest BCUT2D eigenvalue weighted by molar-refractivity contribution is 0.0494. The van der Waals surface area contributed by atoms with Crippen LogP contribution >= 0.6 is 0 Å². The number of aliphatic hydroxyl groups is 1. The van der Waals surface area contributed by atoms with Crippen molar-refractivity contribution in [3.8, 4) is 0 Å². The van der Waals surface area contributed by atoms with Gasteiger partial charge in [0.1, 0.15) is 0 Å². The van der Waals surface area contributed by atoms with Crippen molar-refractivity contribution in [3.05, 3.63) is 0 Å². The third-order valence-electron chi connectivity index (χ3n) is 3.33. The average molecular weight is 214 g/mol. The molecule has 0 amide bonds. The van der Waals surface area contributed by atoms with Crippen LogP contribution < -0.4 is 5.73 Å². The summed E-state index contributed by atoms with van der Waals surface area (Å²) in [7, 11) is 0. The number of nitrogens with zero attached hydrogens (tertiary/aromatic N) is 1. The smallest absolute Gasteiger partial charge is 0.0603 e. The maximum atomic E-state index is 9.67. The number of nitrogens with two attached hydrogens (primary N) is 1. The minimum absolute atomic E-state index is 0.301. The lowest BCUT2D eigenvalue weighted by Gasteiger charge is -2.35. The molecule has 1 fully saturated rings. The van der Waals surface area contributed by atoms with Crippen molar-refractivity contribution in [1.29, 1.82) is 0 Å². The summed E-state index contributed by atoms with van der Waals surface area (Å²) in [5.41, 5.74) is 5.39. The highest BCUT2D eigenvalue weighted by molar-refractivity contribution is 4.79. The van der Waals surface area contributed by atoms with Crippen LogP contribution in [0.5, 0.6) is 0 Å². The summed E-state index contributed by atoms with van der Waals surface area (Å²) in [6.45, 7) is 9.11. The molecule has 1 saturated heterocycles. The fraction of sp³-hybridized carbons (Fsp3) is 1.00. The molecule has 2 atom stereocenters. The normalized spacial score (nSPS) is 26.6. The van der Waals surface area contributed by atoms with Gasteiger partial charge in [-0.2, -0.15) is 0 Å². The van der Waals surface area contributed by atoms with Gasteiger partial charge < -0.3 is 15.7 Å². The van der Waals surface area contributed by atoms with Gasteiger partial charge in [0.25, 0.3) is 0 Å². The summed E-state index contributed by atoms with van der Waals surface area (Å²) in [4.78, 5) is 2.44. The highest BCUT2D eigenvalue weighted by atomic mass is 16.3. The summed E-state index contributed by atoms with van der Waals surface area (Å²) in [5, 5.41) is 9.67. The monoisotopic (exact) mass is 214 g/mol. The molecule has 0 aromatic heterocycles. The number of likely N-dealkylation sites (tertiary alicyclic amines) is 1.